The summed E-state index contributed by atoms with van der Waals surface area (Å²) >= 11 is 6.02. The number of hydrogen-bond donors (Lipinski definition) is 3. The first-order valence-corrected chi connectivity index (χ1v) is 9.41. The Morgan fingerprint density at radius 2 is 1.79 bits per heavy atom. The smallest absolute Gasteiger partial charge is 0.252 e. The highest BCUT2D eigenvalue weighted by Crippen LogP contribution is 2.32. The summed E-state index contributed by atoms with van der Waals surface area (Å²) in [5, 5.41) is 9.68. The fourth-order valence-electron chi connectivity index (χ4n) is 2.74. The van der Waals surface area contributed by atoms with Gasteiger partial charge in [-0.3, -0.25) is 9.79 Å². The van der Waals surface area contributed by atoms with Crippen molar-refractivity contribution in [1.82, 2.24) is 16.0 Å². The van der Waals surface area contributed by atoms with Crippen LogP contribution in [0.5, 0.6) is 11.5 Å². The van der Waals surface area contributed by atoms with E-state index in [1.165, 1.54) is 0 Å². The first-order chi connectivity index (χ1) is 13.7. The molecule has 0 saturated heterocycles. The average molecular weight is 403 g/mol. The standard InChI is InChI=1S/C20H23ClN4O3/c1-22-20(24-9-8-14-6-7-17-18(12-14)28-13-27-17)25-11-10-23-19(26)15-4-2-3-5-16(15)21/h2-7,12H,8-11,13H2,1H3,(H,23,26)(H2,22,24,25). The van der Waals surface area contributed by atoms with Gasteiger partial charge in [0.1, 0.15) is 0 Å². The molecule has 8 heteroatoms. The largest absolute Gasteiger partial charge is 0.454 e. The van der Waals surface area contributed by atoms with Gasteiger partial charge in [-0.05, 0) is 36.2 Å². The molecule has 28 heavy (non-hydrogen) atoms. The molecule has 3 N–H and O–H groups in total. The number of guanidine groups is 1. The highest BCUT2D eigenvalue weighted by molar-refractivity contribution is 6.33. The maximum atomic E-state index is 12.1. The number of fused-ring (bicyclic) bond motifs is 1. The zero-order chi connectivity index (χ0) is 19.8. The molecular formula is C20H23ClN4O3. The molecule has 2 aromatic rings. The number of benzene rings is 2. The first-order valence-electron chi connectivity index (χ1n) is 9.03. The van der Waals surface area contributed by atoms with Gasteiger partial charge in [0, 0.05) is 26.7 Å². The van der Waals surface area contributed by atoms with Crippen LogP contribution >= 0.6 is 11.6 Å². The van der Waals surface area contributed by atoms with Crippen molar-refractivity contribution in [2.24, 2.45) is 4.99 Å². The molecule has 3 rings (SSSR count). The van der Waals surface area contributed by atoms with Crippen LogP contribution < -0.4 is 25.4 Å². The Morgan fingerprint density at radius 3 is 2.61 bits per heavy atom. The third kappa shape index (κ3) is 5.29. The molecule has 7 nitrogen and oxygen atoms in total. The van der Waals surface area contributed by atoms with E-state index in [-0.39, 0.29) is 12.7 Å². The number of halogens is 1. The Morgan fingerprint density at radius 1 is 1.04 bits per heavy atom. The molecule has 1 aliphatic heterocycles. The summed E-state index contributed by atoms with van der Waals surface area (Å²) in [5.41, 5.74) is 1.62. The van der Waals surface area contributed by atoms with Gasteiger partial charge >= 0.3 is 0 Å². The lowest BCUT2D eigenvalue weighted by Crippen LogP contribution is -2.42. The summed E-state index contributed by atoms with van der Waals surface area (Å²) in [4.78, 5) is 16.3. The number of amides is 1. The van der Waals surface area contributed by atoms with E-state index in [2.05, 4.69) is 20.9 Å². The summed E-state index contributed by atoms with van der Waals surface area (Å²) < 4.78 is 10.7. The Labute approximate surface area is 169 Å². The van der Waals surface area contributed by atoms with Gasteiger partial charge in [-0.2, -0.15) is 0 Å². The minimum Gasteiger partial charge on any atom is -0.454 e. The van der Waals surface area contributed by atoms with Gasteiger partial charge < -0.3 is 25.4 Å². The quantitative estimate of drug-likeness (QED) is 0.375. The Balaban J connectivity index is 1.36. The molecule has 1 heterocycles. The monoisotopic (exact) mass is 402 g/mol. The summed E-state index contributed by atoms with van der Waals surface area (Å²) in [6.45, 7) is 1.98. The van der Waals surface area contributed by atoms with Crippen molar-refractivity contribution >= 4 is 23.5 Å². The second-order valence-corrected chi connectivity index (χ2v) is 6.51. The number of hydrogen-bond acceptors (Lipinski definition) is 4. The molecule has 1 aliphatic rings. The Bertz CT molecular complexity index is 857. The van der Waals surface area contributed by atoms with Crippen molar-refractivity contribution in [3.8, 4) is 11.5 Å². The van der Waals surface area contributed by atoms with Gasteiger partial charge in [0.15, 0.2) is 17.5 Å². The van der Waals surface area contributed by atoms with Gasteiger partial charge in [-0.25, -0.2) is 0 Å². The molecule has 0 aromatic heterocycles. The fraction of sp³-hybridized carbons (Fsp3) is 0.300. The highest BCUT2D eigenvalue weighted by atomic mass is 35.5. The molecule has 0 radical (unpaired) electrons. The van der Waals surface area contributed by atoms with Gasteiger partial charge in [-0.15, -0.1) is 0 Å². The SMILES string of the molecule is CN=C(NCCNC(=O)c1ccccc1Cl)NCCc1ccc2c(c1)OCO2. The number of rotatable bonds is 7. The third-order valence-electron chi connectivity index (χ3n) is 4.19. The number of carbonyl (C=O) groups is 1. The third-order valence-corrected chi connectivity index (χ3v) is 4.52. The molecule has 0 atom stereocenters. The minimum atomic E-state index is -0.196. The number of nitrogens with one attached hydrogen (secondary N) is 3. The number of carbonyl (C=O) groups excluding carboxylic acids is 1. The van der Waals surface area contributed by atoms with Crippen LogP contribution in [0.4, 0.5) is 0 Å². The van der Waals surface area contributed by atoms with Crippen LogP contribution in [-0.4, -0.2) is 45.3 Å². The van der Waals surface area contributed by atoms with E-state index < -0.39 is 0 Å². The summed E-state index contributed by atoms with van der Waals surface area (Å²) in [5.74, 6) is 2.05. The number of aliphatic imine (C=N–C) groups is 1. The van der Waals surface area contributed by atoms with Crippen molar-refractivity contribution in [3.63, 3.8) is 0 Å². The highest BCUT2D eigenvalue weighted by Gasteiger charge is 2.13. The van der Waals surface area contributed by atoms with Crippen LogP contribution in [0, 0.1) is 0 Å². The lowest BCUT2D eigenvalue weighted by molar-refractivity contribution is 0.0954. The van der Waals surface area contributed by atoms with Crippen LogP contribution in [0.1, 0.15) is 15.9 Å². The lowest BCUT2D eigenvalue weighted by atomic mass is 10.1. The zero-order valence-corrected chi connectivity index (χ0v) is 16.4. The molecule has 0 saturated carbocycles. The van der Waals surface area contributed by atoms with Crippen molar-refractivity contribution in [3.05, 3.63) is 58.6 Å². The maximum absolute atomic E-state index is 12.1. The van der Waals surface area contributed by atoms with Crippen LogP contribution in [0.25, 0.3) is 0 Å². The van der Waals surface area contributed by atoms with E-state index in [1.807, 2.05) is 18.2 Å². The van der Waals surface area contributed by atoms with Gasteiger partial charge in [-0.1, -0.05) is 29.8 Å². The van der Waals surface area contributed by atoms with Crippen LogP contribution in [0.3, 0.4) is 0 Å². The number of ether oxygens (including phenoxy) is 2. The van der Waals surface area contributed by atoms with E-state index in [4.69, 9.17) is 21.1 Å². The normalized spacial score (nSPS) is 12.6. The molecular weight excluding hydrogens is 380 g/mol. The molecule has 1 amide bonds. The summed E-state index contributed by atoms with van der Waals surface area (Å²) in [7, 11) is 1.71. The second kappa shape index (κ2) is 9.85. The second-order valence-electron chi connectivity index (χ2n) is 6.10. The predicted octanol–water partition coefficient (Wildman–Crippen LogP) is 2.21. The molecule has 148 valence electrons. The topological polar surface area (TPSA) is 84.0 Å². The molecule has 0 unspecified atom stereocenters. The van der Waals surface area contributed by atoms with Crippen LogP contribution in [0.2, 0.25) is 5.02 Å². The summed E-state index contributed by atoms with van der Waals surface area (Å²) in [6.07, 6.45) is 0.820. The minimum absolute atomic E-state index is 0.196. The van der Waals surface area contributed by atoms with E-state index in [9.17, 15) is 4.79 Å². The van der Waals surface area contributed by atoms with E-state index in [0.29, 0.717) is 36.2 Å². The van der Waals surface area contributed by atoms with Crippen molar-refractivity contribution in [2.45, 2.75) is 6.42 Å². The van der Waals surface area contributed by atoms with Crippen LogP contribution in [-0.2, 0) is 6.42 Å². The van der Waals surface area contributed by atoms with Gasteiger partial charge in [0.05, 0.1) is 10.6 Å². The summed E-state index contributed by atoms with van der Waals surface area (Å²) in [6, 6.07) is 12.9. The average Bonchev–Trinajstić information content (AvgIpc) is 3.17. The Hall–Kier alpha value is -2.93. The Kier molecular flexibility index (Phi) is 6.97. The van der Waals surface area contributed by atoms with Crippen molar-refractivity contribution in [1.29, 1.82) is 0 Å². The van der Waals surface area contributed by atoms with Gasteiger partial charge in [0.2, 0.25) is 6.79 Å². The van der Waals surface area contributed by atoms with Gasteiger partial charge in [0.25, 0.3) is 5.91 Å². The molecule has 0 spiro atoms. The molecule has 0 aliphatic carbocycles. The molecule has 0 bridgehead atoms. The zero-order valence-electron chi connectivity index (χ0n) is 15.6. The van der Waals surface area contributed by atoms with Crippen LogP contribution in [0.15, 0.2) is 47.5 Å². The van der Waals surface area contributed by atoms with E-state index >= 15 is 0 Å². The van der Waals surface area contributed by atoms with E-state index in [1.54, 1.807) is 31.3 Å². The number of nitrogens with zero attached hydrogens (tertiary/aromatic N) is 1. The lowest BCUT2D eigenvalue weighted by Gasteiger charge is -2.13. The van der Waals surface area contributed by atoms with Crippen molar-refractivity contribution < 1.29 is 14.3 Å². The molecule has 0 fully saturated rings. The van der Waals surface area contributed by atoms with Crippen molar-refractivity contribution in [2.75, 3.05) is 33.5 Å². The fourth-order valence-corrected chi connectivity index (χ4v) is 2.96. The maximum Gasteiger partial charge on any atom is 0.252 e. The predicted molar refractivity (Wildman–Crippen MR) is 109 cm³/mol. The first kappa shape index (κ1) is 19.8. The van der Waals surface area contributed by atoms with E-state index in [0.717, 1.165) is 23.5 Å². The molecule has 2 aromatic carbocycles.